The molecule has 2 aromatic rings. The fourth-order valence-electron chi connectivity index (χ4n) is 1.61. The van der Waals surface area contributed by atoms with E-state index in [1.807, 2.05) is 30.7 Å². The van der Waals surface area contributed by atoms with Gasteiger partial charge >= 0.3 is 0 Å². The summed E-state index contributed by atoms with van der Waals surface area (Å²) in [5.41, 5.74) is 2.34. The maximum atomic E-state index is 13.6. The van der Waals surface area contributed by atoms with Crippen molar-refractivity contribution in [1.29, 1.82) is 0 Å². The number of hydrogen-bond acceptors (Lipinski definition) is 0. The molecule has 0 saturated carbocycles. The minimum atomic E-state index is -0.288. The fraction of sp³-hybridized carbons (Fsp3) is 0.167. The number of benzene rings is 1. The van der Waals surface area contributed by atoms with E-state index >= 15 is 0 Å². The van der Waals surface area contributed by atoms with Crippen LogP contribution in [-0.2, 0) is 7.05 Å². The molecule has 0 aliphatic rings. The fourth-order valence-corrected chi connectivity index (χ4v) is 1.87. The zero-order valence-corrected chi connectivity index (χ0v) is 9.35. The minimum absolute atomic E-state index is 0.288. The average molecular weight is 224 g/mol. The van der Waals surface area contributed by atoms with Crippen LogP contribution in [0.5, 0.6) is 0 Å². The van der Waals surface area contributed by atoms with Crippen LogP contribution < -0.4 is 0 Å². The van der Waals surface area contributed by atoms with Crippen LogP contribution in [0, 0.1) is 12.7 Å². The Morgan fingerprint density at radius 1 is 1.20 bits per heavy atom. The lowest BCUT2D eigenvalue weighted by atomic mass is 10.1. The Morgan fingerprint density at radius 3 is 2.47 bits per heavy atom. The molecule has 0 aliphatic heterocycles. The summed E-state index contributed by atoms with van der Waals surface area (Å²) < 4.78 is 15.5. The molecule has 0 aliphatic carbocycles. The molecule has 0 unspecified atom stereocenters. The van der Waals surface area contributed by atoms with Gasteiger partial charge in [0.15, 0.2) is 0 Å². The van der Waals surface area contributed by atoms with E-state index in [1.54, 1.807) is 12.1 Å². The maximum absolute atomic E-state index is 13.6. The standard InChI is InChI=1S/C12H11ClFN/c1-8-6-7-11(15(8)2)12-9(13)4-3-5-10(12)14/h3-7H,1-2H3. The number of hydrogen-bond donors (Lipinski definition) is 0. The van der Waals surface area contributed by atoms with Gasteiger partial charge in [0.25, 0.3) is 0 Å². The SMILES string of the molecule is Cc1ccc(-c2c(F)cccc2Cl)n1C. The predicted octanol–water partition coefficient (Wildman–Crippen LogP) is 3.79. The van der Waals surface area contributed by atoms with Crippen molar-refractivity contribution >= 4 is 11.6 Å². The molecule has 0 amide bonds. The summed E-state index contributed by atoms with van der Waals surface area (Å²) in [5, 5.41) is 0.441. The number of rotatable bonds is 1. The van der Waals surface area contributed by atoms with Crippen LogP contribution in [0.15, 0.2) is 30.3 Å². The van der Waals surface area contributed by atoms with Gasteiger partial charge < -0.3 is 4.57 Å². The van der Waals surface area contributed by atoms with Gasteiger partial charge in [0, 0.05) is 12.7 Å². The molecule has 0 N–H and O–H groups in total. The van der Waals surface area contributed by atoms with Crippen molar-refractivity contribution < 1.29 is 4.39 Å². The summed E-state index contributed by atoms with van der Waals surface area (Å²) in [6.07, 6.45) is 0. The van der Waals surface area contributed by atoms with Crippen molar-refractivity contribution in [2.24, 2.45) is 7.05 Å². The quantitative estimate of drug-likeness (QED) is 0.693. The van der Waals surface area contributed by atoms with E-state index in [2.05, 4.69) is 0 Å². The smallest absolute Gasteiger partial charge is 0.134 e. The van der Waals surface area contributed by atoms with Crippen molar-refractivity contribution in [3.05, 3.63) is 46.9 Å². The van der Waals surface area contributed by atoms with Crippen molar-refractivity contribution in [2.45, 2.75) is 6.92 Å². The molecule has 0 fully saturated rings. The molecular formula is C12H11ClFN. The Hall–Kier alpha value is -1.28. The van der Waals surface area contributed by atoms with Gasteiger partial charge in [-0.15, -0.1) is 0 Å². The summed E-state index contributed by atoms with van der Waals surface area (Å²) in [6, 6.07) is 8.54. The van der Waals surface area contributed by atoms with Gasteiger partial charge in [0.2, 0.25) is 0 Å². The van der Waals surface area contributed by atoms with E-state index in [0.717, 1.165) is 11.4 Å². The average Bonchev–Trinajstić information content (AvgIpc) is 2.49. The molecule has 0 atom stereocenters. The minimum Gasteiger partial charge on any atom is -0.348 e. The molecule has 3 heteroatoms. The first kappa shape index (κ1) is 10.2. The highest BCUT2D eigenvalue weighted by Crippen LogP contribution is 2.31. The normalized spacial score (nSPS) is 10.7. The second kappa shape index (κ2) is 3.70. The van der Waals surface area contributed by atoms with Gasteiger partial charge in [-0.1, -0.05) is 17.7 Å². The first-order valence-corrected chi connectivity index (χ1v) is 5.06. The van der Waals surface area contributed by atoms with E-state index in [-0.39, 0.29) is 5.82 Å². The van der Waals surface area contributed by atoms with Crippen LogP contribution in [0.1, 0.15) is 5.69 Å². The molecule has 0 spiro atoms. The highest BCUT2D eigenvalue weighted by molar-refractivity contribution is 6.33. The van der Waals surface area contributed by atoms with Gasteiger partial charge in [-0.3, -0.25) is 0 Å². The first-order valence-electron chi connectivity index (χ1n) is 4.68. The molecular weight excluding hydrogens is 213 g/mol. The Balaban J connectivity index is 2.69. The summed E-state index contributed by atoms with van der Waals surface area (Å²) in [4.78, 5) is 0. The van der Waals surface area contributed by atoms with Gasteiger partial charge in [-0.2, -0.15) is 0 Å². The second-order valence-electron chi connectivity index (χ2n) is 3.52. The number of nitrogens with zero attached hydrogens (tertiary/aromatic N) is 1. The van der Waals surface area contributed by atoms with Gasteiger partial charge in [-0.25, -0.2) is 4.39 Å². The van der Waals surface area contributed by atoms with Crippen LogP contribution in [0.25, 0.3) is 11.3 Å². The summed E-state index contributed by atoms with van der Waals surface area (Å²) in [7, 11) is 1.90. The second-order valence-corrected chi connectivity index (χ2v) is 3.92. The number of aromatic nitrogens is 1. The molecule has 2 rings (SSSR count). The molecule has 1 heterocycles. The number of aryl methyl sites for hydroxylation is 1. The third-order valence-corrected chi connectivity index (χ3v) is 2.91. The van der Waals surface area contributed by atoms with Crippen LogP contribution in [0.4, 0.5) is 4.39 Å². The Morgan fingerprint density at radius 2 is 1.93 bits per heavy atom. The highest BCUT2D eigenvalue weighted by Gasteiger charge is 2.12. The molecule has 15 heavy (non-hydrogen) atoms. The van der Waals surface area contributed by atoms with Crippen molar-refractivity contribution in [2.75, 3.05) is 0 Å². The van der Waals surface area contributed by atoms with E-state index in [1.165, 1.54) is 6.07 Å². The maximum Gasteiger partial charge on any atom is 0.134 e. The molecule has 78 valence electrons. The summed E-state index contributed by atoms with van der Waals surface area (Å²) in [6.45, 7) is 1.97. The zero-order valence-electron chi connectivity index (χ0n) is 8.59. The van der Waals surface area contributed by atoms with Crippen LogP contribution in [0.3, 0.4) is 0 Å². The van der Waals surface area contributed by atoms with Crippen LogP contribution in [-0.4, -0.2) is 4.57 Å². The lowest BCUT2D eigenvalue weighted by Crippen LogP contribution is -1.96. The first-order chi connectivity index (χ1) is 7.11. The van der Waals surface area contributed by atoms with Crippen molar-refractivity contribution in [3.63, 3.8) is 0 Å². The lowest BCUT2D eigenvalue weighted by molar-refractivity contribution is 0.629. The lowest BCUT2D eigenvalue weighted by Gasteiger charge is -2.08. The summed E-state index contributed by atoms with van der Waals surface area (Å²) in [5.74, 6) is -0.288. The third kappa shape index (κ3) is 1.65. The molecule has 1 aromatic heterocycles. The Bertz CT molecular complexity index is 482. The van der Waals surface area contributed by atoms with Crippen LogP contribution >= 0.6 is 11.6 Å². The number of halogens is 2. The van der Waals surface area contributed by atoms with E-state index < -0.39 is 0 Å². The van der Waals surface area contributed by atoms with Gasteiger partial charge in [0.05, 0.1) is 16.3 Å². The molecule has 0 saturated heterocycles. The van der Waals surface area contributed by atoms with Crippen LogP contribution in [0.2, 0.25) is 5.02 Å². The monoisotopic (exact) mass is 223 g/mol. The topological polar surface area (TPSA) is 4.93 Å². The Kier molecular flexibility index (Phi) is 2.53. The van der Waals surface area contributed by atoms with Crippen molar-refractivity contribution in [1.82, 2.24) is 4.57 Å². The predicted molar refractivity (Wildman–Crippen MR) is 60.6 cm³/mol. The van der Waals surface area contributed by atoms with E-state index in [4.69, 9.17) is 11.6 Å². The van der Waals surface area contributed by atoms with E-state index in [0.29, 0.717) is 10.6 Å². The van der Waals surface area contributed by atoms with Gasteiger partial charge in [0.1, 0.15) is 5.82 Å². The largest absolute Gasteiger partial charge is 0.348 e. The molecule has 1 aromatic carbocycles. The Labute approximate surface area is 93.1 Å². The molecule has 1 nitrogen and oxygen atoms in total. The summed E-state index contributed by atoms with van der Waals surface area (Å²) >= 11 is 5.99. The molecule has 0 radical (unpaired) electrons. The highest BCUT2D eigenvalue weighted by atomic mass is 35.5. The van der Waals surface area contributed by atoms with Gasteiger partial charge in [-0.05, 0) is 31.2 Å². The zero-order chi connectivity index (χ0) is 11.0. The third-order valence-electron chi connectivity index (χ3n) is 2.59. The molecule has 0 bridgehead atoms. The van der Waals surface area contributed by atoms with Crippen molar-refractivity contribution in [3.8, 4) is 11.3 Å². The van der Waals surface area contributed by atoms with E-state index in [9.17, 15) is 4.39 Å².